The molecule has 1 aromatic heterocycles. The summed E-state index contributed by atoms with van der Waals surface area (Å²) in [7, 11) is 0. The molecule has 2 fully saturated rings. The number of likely N-dealkylation sites (tertiary alicyclic amines) is 1. The smallest absolute Gasteiger partial charge is 0.289 e. The number of carbonyl (C=O) groups excluding carboxylic acids is 1. The molecule has 0 spiro atoms. The first kappa shape index (κ1) is 11.7. The maximum Gasteiger partial charge on any atom is 0.289 e. The van der Waals surface area contributed by atoms with Gasteiger partial charge >= 0.3 is 0 Å². The molecule has 1 aliphatic carbocycles. The Morgan fingerprint density at radius 2 is 2.39 bits per heavy atom. The first-order valence-corrected chi connectivity index (χ1v) is 6.68. The first-order valence-electron chi connectivity index (χ1n) is 6.68. The lowest BCUT2D eigenvalue weighted by molar-refractivity contribution is 0.0910. The van der Waals surface area contributed by atoms with Gasteiger partial charge in [-0.15, -0.1) is 0 Å². The molecule has 1 N–H and O–H groups in total. The molecule has 2 heterocycles. The molecule has 1 atom stereocenters. The maximum atomic E-state index is 11.8. The molecule has 5 heteroatoms. The number of carbonyl (C=O) groups is 1. The highest BCUT2D eigenvalue weighted by molar-refractivity contribution is 5.91. The number of hydrogen-bond acceptors (Lipinski definition) is 4. The molecule has 1 unspecified atom stereocenters. The third kappa shape index (κ3) is 2.56. The highest BCUT2D eigenvalue weighted by atomic mass is 16.5. The van der Waals surface area contributed by atoms with Crippen molar-refractivity contribution in [1.29, 1.82) is 0 Å². The summed E-state index contributed by atoms with van der Waals surface area (Å²) < 4.78 is 4.94. The van der Waals surface area contributed by atoms with Crippen molar-refractivity contribution >= 4 is 5.91 Å². The van der Waals surface area contributed by atoms with Crippen molar-refractivity contribution < 1.29 is 9.32 Å². The molecule has 3 rings (SSSR count). The van der Waals surface area contributed by atoms with E-state index < -0.39 is 0 Å². The fourth-order valence-electron chi connectivity index (χ4n) is 2.60. The van der Waals surface area contributed by atoms with E-state index >= 15 is 0 Å². The first-order chi connectivity index (χ1) is 8.72. The second kappa shape index (κ2) is 4.72. The van der Waals surface area contributed by atoms with Gasteiger partial charge in [0.2, 0.25) is 5.76 Å². The van der Waals surface area contributed by atoms with E-state index in [-0.39, 0.29) is 5.91 Å². The van der Waals surface area contributed by atoms with Crippen molar-refractivity contribution in [3.05, 3.63) is 17.5 Å². The molecule has 98 valence electrons. The molecule has 5 nitrogen and oxygen atoms in total. The van der Waals surface area contributed by atoms with Crippen LogP contribution in [0.25, 0.3) is 0 Å². The van der Waals surface area contributed by atoms with Gasteiger partial charge in [0.1, 0.15) is 0 Å². The van der Waals surface area contributed by atoms with E-state index in [4.69, 9.17) is 4.52 Å². The summed E-state index contributed by atoms with van der Waals surface area (Å²) in [6, 6.07) is 2.50. The SMILES string of the molecule is Cc1cc(C(=O)NCC2CCN(C3CC3)C2)on1. The highest BCUT2D eigenvalue weighted by Gasteiger charge is 2.34. The van der Waals surface area contributed by atoms with E-state index in [0.717, 1.165) is 24.8 Å². The van der Waals surface area contributed by atoms with Crippen LogP contribution in [-0.4, -0.2) is 41.6 Å². The van der Waals surface area contributed by atoms with Crippen LogP contribution in [0.4, 0.5) is 0 Å². The van der Waals surface area contributed by atoms with Crippen LogP contribution >= 0.6 is 0 Å². The second-order valence-electron chi connectivity index (χ2n) is 5.42. The Morgan fingerprint density at radius 1 is 1.56 bits per heavy atom. The molecule has 18 heavy (non-hydrogen) atoms. The van der Waals surface area contributed by atoms with E-state index in [1.165, 1.54) is 25.8 Å². The minimum atomic E-state index is -0.152. The van der Waals surface area contributed by atoms with Gasteiger partial charge in [-0.3, -0.25) is 4.79 Å². The number of aromatic nitrogens is 1. The average molecular weight is 249 g/mol. The lowest BCUT2D eigenvalue weighted by Crippen LogP contribution is -2.31. The number of rotatable bonds is 4. The van der Waals surface area contributed by atoms with Gasteiger partial charge in [0.25, 0.3) is 5.91 Å². The topological polar surface area (TPSA) is 58.4 Å². The number of amides is 1. The van der Waals surface area contributed by atoms with E-state index in [0.29, 0.717) is 11.7 Å². The lowest BCUT2D eigenvalue weighted by atomic mass is 10.1. The van der Waals surface area contributed by atoms with Gasteiger partial charge in [-0.25, -0.2) is 0 Å². The van der Waals surface area contributed by atoms with E-state index in [9.17, 15) is 4.79 Å². The molecule has 2 aliphatic rings. The van der Waals surface area contributed by atoms with Gasteiger partial charge < -0.3 is 14.7 Å². The standard InChI is InChI=1S/C13H19N3O2/c1-9-6-12(18-15-9)13(17)14-7-10-4-5-16(8-10)11-2-3-11/h6,10-11H,2-5,7-8H2,1H3,(H,14,17). The van der Waals surface area contributed by atoms with Crippen LogP contribution in [0.15, 0.2) is 10.6 Å². The summed E-state index contributed by atoms with van der Waals surface area (Å²) in [4.78, 5) is 14.3. The van der Waals surface area contributed by atoms with Crippen LogP contribution in [0, 0.1) is 12.8 Å². The quantitative estimate of drug-likeness (QED) is 0.871. The summed E-state index contributed by atoms with van der Waals surface area (Å²) in [5.74, 6) is 0.739. The van der Waals surface area contributed by atoms with Gasteiger partial charge in [-0.1, -0.05) is 5.16 Å². The molecule has 0 bridgehead atoms. The molecule has 1 amide bonds. The van der Waals surface area contributed by atoms with Crippen molar-refractivity contribution in [2.24, 2.45) is 5.92 Å². The Hall–Kier alpha value is -1.36. The Labute approximate surface area is 107 Å². The normalized spacial score (nSPS) is 24.4. The maximum absolute atomic E-state index is 11.8. The monoisotopic (exact) mass is 249 g/mol. The Kier molecular flexibility index (Phi) is 3.07. The van der Waals surface area contributed by atoms with Crippen molar-refractivity contribution in [2.45, 2.75) is 32.2 Å². The third-order valence-electron chi connectivity index (χ3n) is 3.78. The lowest BCUT2D eigenvalue weighted by Gasteiger charge is -2.14. The molecule has 0 radical (unpaired) electrons. The zero-order valence-electron chi connectivity index (χ0n) is 10.7. The summed E-state index contributed by atoms with van der Waals surface area (Å²) in [5, 5.41) is 6.65. The summed E-state index contributed by atoms with van der Waals surface area (Å²) in [6.07, 6.45) is 3.90. The van der Waals surface area contributed by atoms with Gasteiger partial charge in [-0.05, 0) is 38.6 Å². The minimum Gasteiger partial charge on any atom is -0.351 e. The Morgan fingerprint density at radius 3 is 3.06 bits per heavy atom. The van der Waals surface area contributed by atoms with E-state index in [1.807, 2.05) is 6.92 Å². The molecule has 1 aromatic rings. The molecular formula is C13H19N3O2. The van der Waals surface area contributed by atoms with E-state index in [2.05, 4.69) is 15.4 Å². The molecular weight excluding hydrogens is 230 g/mol. The number of aryl methyl sites for hydroxylation is 1. The molecule has 0 aromatic carbocycles. The van der Waals surface area contributed by atoms with Crippen molar-refractivity contribution in [1.82, 2.24) is 15.4 Å². The highest BCUT2D eigenvalue weighted by Crippen LogP contribution is 2.31. The molecule has 1 saturated carbocycles. The van der Waals surface area contributed by atoms with Gasteiger partial charge in [-0.2, -0.15) is 0 Å². The van der Waals surface area contributed by atoms with Gasteiger partial charge in [0.05, 0.1) is 5.69 Å². The number of hydrogen-bond donors (Lipinski definition) is 1. The molecule has 1 saturated heterocycles. The fourth-order valence-corrected chi connectivity index (χ4v) is 2.60. The predicted molar refractivity (Wildman–Crippen MR) is 66.3 cm³/mol. The molecule has 1 aliphatic heterocycles. The van der Waals surface area contributed by atoms with Crippen LogP contribution < -0.4 is 5.32 Å². The zero-order chi connectivity index (χ0) is 12.5. The fraction of sp³-hybridized carbons (Fsp3) is 0.692. The van der Waals surface area contributed by atoms with Crippen LogP contribution in [0.3, 0.4) is 0 Å². The number of nitrogens with zero attached hydrogens (tertiary/aromatic N) is 2. The van der Waals surface area contributed by atoms with Crippen molar-refractivity contribution in [3.63, 3.8) is 0 Å². The van der Waals surface area contributed by atoms with Crippen LogP contribution in [0.5, 0.6) is 0 Å². The minimum absolute atomic E-state index is 0.152. The largest absolute Gasteiger partial charge is 0.351 e. The van der Waals surface area contributed by atoms with Crippen LogP contribution in [0.1, 0.15) is 35.5 Å². The van der Waals surface area contributed by atoms with Gasteiger partial charge in [0.15, 0.2) is 0 Å². The number of nitrogens with one attached hydrogen (secondary N) is 1. The van der Waals surface area contributed by atoms with Crippen molar-refractivity contribution in [3.8, 4) is 0 Å². The Bertz CT molecular complexity index is 439. The van der Waals surface area contributed by atoms with Crippen LogP contribution in [0.2, 0.25) is 0 Å². The van der Waals surface area contributed by atoms with Crippen LogP contribution in [-0.2, 0) is 0 Å². The zero-order valence-corrected chi connectivity index (χ0v) is 10.7. The summed E-state index contributed by atoms with van der Waals surface area (Å²) >= 11 is 0. The van der Waals surface area contributed by atoms with Crippen molar-refractivity contribution in [2.75, 3.05) is 19.6 Å². The predicted octanol–water partition coefficient (Wildman–Crippen LogP) is 1.20. The van der Waals surface area contributed by atoms with Gasteiger partial charge in [0, 0.05) is 25.2 Å². The third-order valence-corrected chi connectivity index (χ3v) is 3.78. The summed E-state index contributed by atoms with van der Waals surface area (Å²) in [6.45, 7) is 4.86. The average Bonchev–Trinajstić information content (AvgIpc) is 2.95. The van der Waals surface area contributed by atoms with E-state index in [1.54, 1.807) is 6.07 Å². The Balaban J connectivity index is 1.45. The second-order valence-corrected chi connectivity index (χ2v) is 5.42. The summed E-state index contributed by atoms with van der Waals surface area (Å²) in [5.41, 5.74) is 0.737.